The van der Waals surface area contributed by atoms with Gasteiger partial charge in [0.15, 0.2) is 6.10 Å². The zero-order chi connectivity index (χ0) is 23.9. The molecule has 0 aliphatic carbocycles. The van der Waals surface area contributed by atoms with Gasteiger partial charge in [0.2, 0.25) is 0 Å². The van der Waals surface area contributed by atoms with Crippen molar-refractivity contribution in [2.45, 2.75) is 25.7 Å². The maximum atomic E-state index is 13.0. The third kappa shape index (κ3) is 4.55. The molecule has 172 valence electrons. The standard InChI is InChI=1S/C22H16F4N2O4S/c1-11-17-19(30)27-21(31)28(10-16(29)22(24,25)26)20(17)33-18(11)12-2-6-14(7-3-12)32-15-8-4-13(23)5-9-15/h2-9,16,29H,10H2,1H3,(H,27,30,31). The number of aromatic amines is 1. The van der Waals surface area contributed by atoms with Crippen LogP contribution in [0.1, 0.15) is 5.56 Å². The smallest absolute Gasteiger partial charge is 0.416 e. The SMILES string of the molecule is Cc1c(-c2ccc(Oc3ccc(F)cc3)cc2)sc2c1c(=O)[nH]c(=O)n2CC(O)C(F)(F)F. The second-order valence-corrected chi connectivity index (χ2v) is 8.24. The van der Waals surface area contributed by atoms with Crippen LogP contribution in [0.25, 0.3) is 20.7 Å². The third-order valence-electron chi connectivity index (χ3n) is 4.97. The molecule has 11 heteroatoms. The molecule has 0 aliphatic rings. The summed E-state index contributed by atoms with van der Waals surface area (Å²) in [5.41, 5.74) is -0.621. The van der Waals surface area contributed by atoms with Crippen molar-refractivity contribution in [3.8, 4) is 21.9 Å². The molecule has 2 N–H and O–H groups in total. The van der Waals surface area contributed by atoms with E-state index in [9.17, 15) is 32.3 Å². The minimum absolute atomic E-state index is 0.0335. The largest absolute Gasteiger partial charge is 0.457 e. The molecule has 2 aromatic carbocycles. The zero-order valence-electron chi connectivity index (χ0n) is 16.9. The second kappa shape index (κ2) is 8.49. The van der Waals surface area contributed by atoms with E-state index in [1.165, 1.54) is 24.3 Å². The molecule has 0 amide bonds. The first-order valence-corrected chi connectivity index (χ1v) is 10.4. The molecule has 1 unspecified atom stereocenters. The van der Waals surface area contributed by atoms with Gasteiger partial charge < -0.3 is 9.84 Å². The molecule has 0 saturated carbocycles. The highest BCUT2D eigenvalue weighted by atomic mass is 32.1. The number of benzene rings is 2. The van der Waals surface area contributed by atoms with Crippen molar-refractivity contribution >= 4 is 21.6 Å². The monoisotopic (exact) mass is 480 g/mol. The van der Waals surface area contributed by atoms with Gasteiger partial charge in [-0.05, 0) is 66.6 Å². The van der Waals surface area contributed by atoms with Crippen LogP contribution in [0.5, 0.6) is 11.5 Å². The van der Waals surface area contributed by atoms with Crippen LogP contribution in [-0.4, -0.2) is 26.9 Å². The zero-order valence-corrected chi connectivity index (χ0v) is 17.8. The number of rotatable bonds is 5. The first kappa shape index (κ1) is 22.7. The van der Waals surface area contributed by atoms with E-state index in [-0.39, 0.29) is 10.2 Å². The molecule has 33 heavy (non-hydrogen) atoms. The van der Waals surface area contributed by atoms with Crippen LogP contribution in [0.15, 0.2) is 58.1 Å². The lowest BCUT2D eigenvalue weighted by Crippen LogP contribution is -2.38. The molecule has 0 bridgehead atoms. The van der Waals surface area contributed by atoms with Crippen molar-refractivity contribution in [3.63, 3.8) is 0 Å². The molecule has 0 spiro atoms. The summed E-state index contributed by atoms with van der Waals surface area (Å²) in [6, 6.07) is 12.1. The number of H-pyrrole nitrogens is 1. The Hall–Kier alpha value is -3.44. The highest BCUT2D eigenvalue weighted by Crippen LogP contribution is 2.37. The van der Waals surface area contributed by atoms with Crippen molar-refractivity contribution in [1.82, 2.24) is 9.55 Å². The van der Waals surface area contributed by atoms with Gasteiger partial charge in [0.25, 0.3) is 5.56 Å². The van der Waals surface area contributed by atoms with Gasteiger partial charge in [-0.15, -0.1) is 11.3 Å². The average Bonchev–Trinajstić information content (AvgIpc) is 3.10. The number of nitrogens with zero attached hydrogens (tertiary/aromatic N) is 1. The van der Waals surface area contributed by atoms with Gasteiger partial charge in [0, 0.05) is 4.88 Å². The van der Waals surface area contributed by atoms with Gasteiger partial charge in [0.05, 0.1) is 11.9 Å². The molecule has 4 rings (SSSR count). The van der Waals surface area contributed by atoms with E-state index in [0.29, 0.717) is 27.5 Å². The Morgan fingerprint density at radius 1 is 1.06 bits per heavy atom. The number of ether oxygens (including phenoxy) is 1. The first-order chi connectivity index (χ1) is 15.5. The molecular formula is C22H16F4N2O4S. The van der Waals surface area contributed by atoms with E-state index >= 15 is 0 Å². The second-order valence-electron chi connectivity index (χ2n) is 7.24. The number of aliphatic hydroxyl groups is 1. The number of nitrogens with one attached hydrogen (secondary N) is 1. The van der Waals surface area contributed by atoms with Crippen LogP contribution in [0, 0.1) is 12.7 Å². The van der Waals surface area contributed by atoms with Crippen molar-refractivity contribution < 1.29 is 27.4 Å². The van der Waals surface area contributed by atoms with Crippen molar-refractivity contribution in [2.75, 3.05) is 0 Å². The predicted molar refractivity (Wildman–Crippen MR) is 115 cm³/mol. The lowest BCUT2D eigenvalue weighted by atomic mass is 10.1. The van der Waals surface area contributed by atoms with Crippen LogP contribution in [-0.2, 0) is 6.54 Å². The van der Waals surface area contributed by atoms with Gasteiger partial charge in [-0.25, -0.2) is 9.18 Å². The number of hydrogen-bond acceptors (Lipinski definition) is 5. The Balaban J connectivity index is 1.72. The van der Waals surface area contributed by atoms with E-state index in [0.717, 1.165) is 15.9 Å². The lowest BCUT2D eigenvalue weighted by molar-refractivity contribution is -0.207. The molecule has 4 aromatic rings. The van der Waals surface area contributed by atoms with Crippen molar-refractivity contribution in [3.05, 3.63) is 80.7 Å². The highest BCUT2D eigenvalue weighted by molar-refractivity contribution is 7.22. The van der Waals surface area contributed by atoms with Crippen LogP contribution in [0.2, 0.25) is 0 Å². The van der Waals surface area contributed by atoms with Gasteiger partial charge in [-0.2, -0.15) is 13.2 Å². The summed E-state index contributed by atoms with van der Waals surface area (Å²) in [7, 11) is 0. The van der Waals surface area contributed by atoms with Gasteiger partial charge in [-0.3, -0.25) is 14.3 Å². The van der Waals surface area contributed by atoms with E-state index in [2.05, 4.69) is 0 Å². The van der Waals surface area contributed by atoms with Crippen molar-refractivity contribution in [2.24, 2.45) is 0 Å². The molecular weight excluding hydrogens is 464 g/mol. The summed E-state index contributed by atoms with van der Waals surface area (Å²) in [4.78, 5) is 27.2. The Bertz CT molecular complexity index is 1420. The molecule has 6 nitrogen and oxygen atoms in total. The fourth-order valence-corrected chi connectivity index (χ4v) is 4.62. The van der Waals surface area contributed by atoms with Gasteiger partial charge in [0.1, 0.15) is 22.1 Å². The van der Waals surface area contributed by atoms with E-state index in [1.54, 1.807) is 31.2 Å². The molecule has 0 saturated heterocycles. The maximum absolute atomic E-state index is 13.0. The van der Waals surface area contributed by atoms with E-state index in [4.69, 9.17) is 4.74 Å². The van der Waals surface area contributed by atoms with Crippen LogP contribution in [0.4, 0.5) is 17.6 Å². The summed E-state index contributed by atoms with van der Waals surface area (Å²) in [6.45, 7) is 0.584. The number of hydrogen-bond donors (Lipinski definition) is 2. The predicted octanol–water partition coefficient (Wildman–Crippen LogP) is 4.58. The number of aliphatic hydroxyl groups excluding tert-OH is 1. The number of fused-ring (bicyclic) bond motifs is 1. The normalized spacial score (nSPS) is 12.8. The third-order valence-corrected chi connectivity index (χ3v) is 6.33. The Morgan fingerprint density at radius 3 is 2.21 bits per heavy atom. The lowest BCUT2D eigenvalue weighted by Gasteiger charge is -2.15. The Morgan fingerprint density at radius 2 is 1.64 bits per heavy atom. The topological polar surface area (TPSA) is 84.3 Å². The van der Waals surface area contributed by atoms with E-state index < -0.39 is 35.9 Å². The van der Waals surface area contributed by atoms with Crippen LogP contribution < -0.4 is 16.0 Å². The summed E-state index contributed by atoms with van der Waals surface area (Å²) < 4.78 is 57.9. The number of aryl methyl sites for hydroxylation is 1. The number of aromatic nitrogens is 2. The van der Waals surface area contributed by atoms with Crippen molar-refractivity contribution in [1.29, 1.82) is 0 Å². The minimum Gasteiger partial charge on any atom is -0.457 e. The fraction of sp³-hybridized carbons (Fsp3) is 0.182. The van der Waals surface area contributed by atoms with Crippen LogP contribution >= 0.6 is 11.3 Å². The fourth-order valence-electron chi connectivity index (χ4n) is 3.31. The average molecular weight is 480 g/mol. The van der Waals surface area contributed by atoms with Crippen LogP contribution in [0.3, 0.4) is 0 Å². The summed E-state index contributed by atoms with van der Waals surface area (Å²) in [6.07, 6.45) is -7.68. The molecule has 0 fully saturated rings. The van der Waals surface area contributed by atoms with E-state index in [1.807, 2.05) is 4.98 Å². The Labute approximate surface area is 187 Å². The number of alkyl halides is 3. The summed E-state index contributed by atoms with van der Waals surface area (Å²) in [5.74, 6) is 0.502. The molecule has 2 aromatic heterocycles. The molecule has 2 heterocycles. The van der Waals surface area contributed by atoms with Gasteiger partial charge >= 0.3 is 11.9 Å². The maximum Gasteiger partial charge on any atom is 0.416 e. The van der Waals surface area contributed by atoms with Gasteiger partial charge in [-0.1, -0.05) is 0 Å². The molecule has 1 atom stereocenters. The number of halogens is 4. The Kier molecular flexibility index (Phi) is 5.85. The first-order valence-electron chi connectivity index (χ1n) is 9.59. The molecule has 0 aliphatic heterocycles. The summed E-state index contributed by atoms with van der Waals surface area (Å²) in [5, 5.41) is 9.52. The number of thiophene rings is 1. The summed E-state index contributed by atoms with van der Waals surface area (Å²) >= 11 is 0.978. The highest BCUT2D eigenvalue weighted by Gasteiger charge is 2.39. The molecule has 0 radical (unpaired) electrons. The minimum atomic E-state index is -4.92. The quantitative estimate of drug-likeness (QED) is 0.410.